The Kier molecular flexibility index (Phi) is 5.37. The first kappa shape index (κ1) is 20.3. The van der Waals surface area contributed by atoms with Gasteiger partial charge in [-0.3, -0.25) is 14.2 Å². The van der Waals surface area contributed by atoms with Crippen LogP contribution in [0.3, 0.4) is 0 Å². The Morgan fingerprint density at radius 1 is 1.26 bits per heavy atom. The van der Waals surface area contributed by atoms with Crippen molar-refractivity contribution in [3.8, 4) is 11.3 Å². The molecule has 10 heteroatoms. The zero-order valence-electron chi connectivity index (χ0n) is 16.5. The van der Waals surface area contributed by atoms with Gasteiger partial charge in [-0.1, -0.05) is 11.8 Å². The molecule has 3 aromatic heterocycles. The van der Waals surface area contributed by atoms with Crippen LogP contribution in [-0.2, 0) is 24.7 Å². The fourth-order valence-electron chi connectivity index (χ4n) is 3.60. The fourth-order valence-corrected chi connectivity index (χ4v) is 6.41. The Bertz CT molecular complexity index is 1360. The Morgan fingerprint density at radius 2 is 2.06 bits per heavy atom. The molecule has 0 saturated heterocycles. The highest BCUT2D eigenvalue weighted by atomic mass is 32.2. The molecule has 5 rings (SSSR count). The van der Waals surface area contributed by atoms with Gasteiger partial charge in [-0.15, -0.1) is 22.7 Å². The average molecular weight is 473 g/mol. The highest BCUT2D eigenvalue weighted by Crippen LogP contribution is 2.35. The van der Waals surface area contributed by atoms with Crippen molar-refractivity contribution >= 4 is 55.7 Å². The summed E-state index contributed by atoms with van der Waals surface area (Å²) in [4.78, 5) is 36.3. The zero-order valence-corrected chi connectivity index (χ0v) is 18.9. The van der Waals surface area contributed by atoms with E-state index in [-0.39, 0.29) is 23.0 Å². The second kappa shape index (κ2) is 8.18. The smallest absolute Gasteiger partial charge is 0.262 e. The standard InChI is InChI=1S/C21H17FN4O2S3/c1-26-19(28)17-13-3-2-4-15(13)31-18(17)25-21(26)30-10-16(27)24-20-23-14(9-29-20)11-5-7-12(22)8-6-11/h5-9H,2-4,10H2,1H3,(H,23,24,27). The molecular formula is C21H17FN4O2S3. The van der Waals surface area contributed by atoms with Crippen molar-refractivity contribution in [2.45, 2.75) is 24.4 Å². The third-order valence-corrected chi connectivity index (χ3v) is 8.10. The molecule has 0 unspecified atom stereocenters. The van der Waals surface area contributed by atoms with E-state index in [2.05, 4.69) is 15.3 Å². The molecule has 3 heterocycles. The molecule has 1 amide bonds. The van der Waals surface area contributed by atoms with Crippen LogP contribution in [-0.4, -0.2) is 26.2 Å². The van der Waals surface area contributed by atoms with Crippen LogP contribution in [0.25, 0.3) is 21.5 Å². The molecular weight excluding hydrogens is 455 g/mol. The monoisotopic (exact) mass is 472 g/mol. The summed E-state index contributed by atoms with van der Waals surface area (Å²) >= 11 is 4.13. The van der Waals surface area contributed by atoms with Gasteiger partial charge >= 0.3 is 0 Å². The number of thiazole rings is 1. The number of carbonyl (C=O) groups excluding carboxylic acids is 1. The van der Waals surface area contributed by atoms with Crippen LogP contribution in [0.15, 0.2) is 39.6 Å². The van der Waals surface area contributed by atoms with Crippen LogP contribution in [0.1, 0.15) is 16.9 Å². The van der Waals surface area contributed by atoms with E-state index in [1.54, 1.807) is 30.5 Å². The van der Waals surface area contributed by atoms with Crippen LogP contribution < -0.4 is 10.9 Å². The second-order valence-corrected chi connectivity index (χ2v) is 10.1. The average Bonchev–Trinajstić information content (AvgIpc) is 3.46. The van der Waals surface area contributed by atoms with Gasteiger partial charge in [0, 0.05) is 22.9 Å². The maximum absolute atomic E-state index is 13.1. The number of rotatable bonds is 5. The number of hydrogen-bond acceptors (Lipinski definition) is 7. The Morgan fingerprint density at radius 3 is 2.87 bits per heavy atom. The van der Waals surface area contributed by atoms with Crippen molar-refractivity contribution < 1.29 is 9.18 Å². The van der Waals surface area contributed by atoms with Crippen molar-refractivity contribution in [1.29, 1.82) is 0 Å². The van der Waals surface area contributed by atoms with Gasteiger partial charge in [0.15, 0.2) is 10.3 Å². The Hall–Kier alpha value is -2.56. The number of amides is 1. The molecule has 0 fully saturated rings. The summed E-state index contributed by atoms with van der Waals surface area (Å²) in [6.45, 7) is 0. The van der Waals surface area contributed by atoms with Crippen molar-refractivity contribution in [3.05, 3.63) is 56.3 Å². The van der Waals surface area contributed by atoms with E-state index in [4.69, 9.17) is 0 Å². The minimum atomic E-state index is -0.308. The van der Waals surface area contributed by atoms with Gasteiger partial charge in [-0.25, -0.2) is 14.4 Å². The number of benzene rings is 1. The van der Waals surface area contributed by atoms with Crippen molar-refractivity contribution in [1.82, 2.24) is 14.5 Å². The topological polar surface area (TPSA) is 76.9 Å². The van der Waals surface area contributed by atoms with Gasteiger partial charge in [0.1, 0.15) is 10.6 Å². The van der Waals surface area contributed by atoms with Crippen LogP contribution >= 0.6 is 34.4 Å². The largest absolute Gasteiger partial charge is 0.301 e. The van der Waals surface area contributed by atoms with Gasteiger partial charge in [0.05, 0.1) is 16.8 Å². The van der Waals surface area contributed by atoms with Crippen LogP contribution in [0.2, 0.25) is 0 Å². The molecule has 1 aromatic carbocycles. The zero-order chi connectivity index (χ0) is 21.5. The van der Waals surface area contributed by atoms with Gasteiger partial charge < -0.3 is 5.32 Å². The molecule has 0 aliphatic heterocycles. The molecule has 0 radical (unpaired) electrons. The summed E-state index contributed by atoms with van der Waals surface area (Å²) in [6, 6.07) is 6.04. The first-order chi connectivity index (χ1) is 15.0. The lowest BCUT2D eigenvalue weighted by Crippen LogP contribution is -2.21. The van der Waals surface area contributed by atoms with Crippen molar-refractivity contribution in [3.63, 3.8) is 0 Å². The summed E-state index contributed by atoms with van der Waals surface area (Å²) in [5.74, 6) is -0.423. The molecule has 31 heavy (non-hydrogen) atoms. The number of nitrogens with one attached hydrogen (secondary N) is 1. The van der Waals surface area contributed by atoms with Crippen LogP contribution in [0.5, 0.6) is 0 Å². The maximum Gasteiger partial charge on any atom is 0.262 e. The van der Waals surface area contributed by atoms with Gasteiger partial charge in [-0.05, 0) is 49.1 Å². The first-order valence-corrected chi connectivity index (χ1v) is 12.3. The number of thiophene rings is 1. The molecule has 4 aromatic rings. The number of anilines is 1. The van der Waals surface area contributed by atoms with Crippen molar-refractivity contribution in [2.24, 2.45) is 7.05 Å². The third-order valence-electron chi connectivity index (χ3n) is 5.13. The first-order valence-electron chi connectivity index (χ1n) is 9.65. The Balaban J connectivity index is 1.28. The van der Waals surface area contributed by atoms with E-state index < -0.39 is 0 Å². The summed E-state index contributed by atoms with van der Waals surface area (Å²) < 4.78 is 14.6. The van der Waals surface area contributed by atoms with E-state index in [0.717, 1.165) is 40.6 Å². The fraction of sp³-hybridized carbons (Fsp3) is 0.238. The number of nitrogens with zero attached hydrogens (tertiary/aromatic N) is 3. The minimum Gasteiger partial charge on any atom is -0.301 e. The van der Waals surface area contributed by atoms with E-state index >= 15 is 0 Å². The van der Waals surface area contributed by atoms with Gasteiger partial charge in [0.2, 0.25) is 5.91 Å². The number of thioether (sulfide) groups is 1. The Labute approximate surface area is 189 Å². The lowest BCUT2D eigenvalue weighted by molar-refractivity contribution is -0.113. The lowest BCUT2D eigenvalue weighted by Gasteiger charge is -2.07. The van der Waals surface area contributed by atoms with E-state index in [1.807, 2.05) is 5.38 Å². The number of halogens is 1. The highest BCUT2D eigenvalue weighted by molar-refractivity contribution is 7.99. The summed E-state index contributed by atoms with van der Waals surface area (Å²) in [5, 5.41) is 6.32. The van der Waals surface area contributed by atoms with Crippen molar-refractivity contribution in [2.75, 3.05) is 11.1 Å². The normalized spacial score (nSPS) is 13.0. The molecule has 0 bridgehead atoms. The quantitative estimate of drug-likeness (QED) is 0.342. The molecule has 6 nitrogen and oxygen atoms in total. The summed E-state index contributed by atoms with van der Waals surface area (Å²) in [6.07, 6.45) is 3.05. The molecule has 1 N–H and O–H groups in total. The predicted octanol–water partition coefficient (Wildman–Crippen LogP) is 4.48. The SMILES string of the molecule is Cn1c(SCC(=O)Nc2nc(-c3ccc(F)cc3)cs2)nc2sc3c(c2c1=O)CCC3. The van der Waals surface area contributed by atoms with E-state index in [0.29, 0.717) is 16.0 Å². The maximum atomic E-state index is 13.1. The number of hydrogen-bond donors (Lipinski definition) is 1. The van der Waals surface area contributed by atoms with E-state index in [9.17, 15) is 14.0 Å². The highest BCUT2D eigenvalue weighted by Gasteiger charge is 2.22. The van der Waals surface area contributed by atoms with Gasteiger partial charge in [-0.2, -0.15) is 0 Å². The number of fused-ring (bicyclic) bond motifs is 3. The third kappa shape index (κ3) is 3.90. The number of carbonyl (C=O) groups is 1. The minimum absolute atomic E-state index is 0.0452. The lowest BCUT2D eigenvalue weighted by atomic mass is 10.2. The molecule has 0 saturated carbocycles. The van der Waals surface area contributed by atoms with Crippen LogP contribution in [0, 0.1) is 5.82 Å². The molecule has 0 atom stereocenters. The van der Waals surface area contributed by atoms with Crippen LogP contribution in [0.4, 0.5) is 9.52 Å². The number of aryl methyl sites for hydroxylation is 2. The van der Waals surface area contributed by atoms with E-state index in [1.165, 1.54) is 44.7 Å². The molecule has 1 aliphatic carbocycles. The van der Waals surface area contributed by atoms with Gasteiger partial charge in [0.25, 0.3) is 5.56 Å². The second-order valence-electron chi connectivity index (χ2n) is 7.18. The molecule has 0 spiro atoms. The molecule has 1 aliphatic rings. The summed E-state index contributed by atoms with van der Waals surface area (Å²) in [7, 11) is 1.70. The molecule has 158 valence electrons. The predicted molar refractivity (Wildman–Crippen MR) is 124 cm³/mol. The summed E-state index contributed by atoms with van der Waals surface area (Å²) in [5.41, 5.74) is 2.57. The number of aromatic nitrogens is 3.